The number of sulfonamides is 1. The second-order valence-corrected chi connectivity index (χ2v) is 8.33. The van der Waals surface area contributed by atoms with Crippen molar-refractivity contribution >= 4 is 33.6 Å². The van der Waals surface area contributed by atoms with Crippen LogP contribution in [0.1, 0.15) is 24.4 Å². The molecule has 2 aromatic rings. The molecule has 0 aromatic heterocycles. The molecule has 1 aliphatic heterocycles. The summed E-state index contributed by atoms with van der Waals surface area (Å²) in [7, 11) is -3.88. The molecule has 0 bridgehead atoms. The van der Waals surface area contributed by atoms with E-state index < -0.39 is 34.1 Å². The molecule has 0 radical (unpaired) electrons. The molecule has 2 aromatic carbocycles. The molecular weight excluding hydrogens is 406 g/mol. The van der Waals surface area contributed by atoms with Crippen LogP contribution in [0.5, 0.6) is 0 Å². The summed E-state index contributed by atoms with van der Waals surface area (Å²) in [5.74, 6) is -1.30. The molecule has 3 rings (SSSR count). The van der Waals surface area contributed by atoms with Crippen LogP contribution in [0.4, 0.5) is 0 Å². The highest BCUT2D eigenvalue weighted by atomic mass is 35.5. The van der Waals surface area contributed by atoms with Crippen molar-refractivity contribution in [2.45, 2.75) is 29.9 Å². The molecule has 1 fully saturated rings. The minimum absolute atomic E-state index is 0.0710. The molecule has 1 heterocycles. The SMILES string of the molecule is O=C(C[C@@H](NS(=O)(=O)c1ccccc1)c1ccc(Cl)cc1)O[C@@H]1CCOC1=O. The number of carbonyl (C=O) groups excluding carboxylic acids is 2. The summed E-state index contributed by atoms with van der Waals surface area (Å²) in [5.41, 5.74) is 0.537. The third-order valence-electron chi connectivity index (χ3n) is 4.16. The van der Waals surface area contributed by atoms with Gasteiger partial charge in [-0.3, -0.25) is 4.79 Å². The number of rotatable bonds is 7. The fourth-order valence-electron chi connectivity index (χ4n) is 2.74. The first-order chi connectivity index (χ1) is 13.3. The quantitative estimate of drug-likeness (QED) is 0.687. The Labute approximate surface area is 167 Å². The lowest BCUT2D eigenvalue weighted by Gasteiger charge is -2.19. The van der Waals surface area contributed by atoms with Gasteiger partial charge in [0.2, 0.25) is 16.1 Å². The van der Waals surface area contributed by atoms with Gasteiger partial charge in [0, 0.05) is 11.4 Å². The molecule has 9 heteroatoms. The van der Waals surface area contributed by atoms with Crippen molar-refractivity contribution in [3.8, 4) is 0 Å². The predicted molar refractivity (Wildman–Crippen MR) is 101 cm³/mol. The predicted octanol–water partition coefficient (Wildman–Crippen LogP) is 2.61. The Hall–Kier alpha value is -2.42. The van der Waals surface area contributed by atoms with Crippen molar-refractivity contribution in [2.75, 3.05) is 6.61 Å². The molecule has 0 unspecified atom stereocenters. The fraction of sp³-hybridized carbons (Fsp3) is 0.263. The summed E-state index contributed by atoms with van der Waals surface area (Å²) >= 11 is 5.90. The zero-order valence-electron chi connectivity index (χ0n) is 14.7. The normalized spacial score (nSPS) is 17.8. The molecule has 28 heavy (non-hydrogen) atoms. The first kappa shape index (κ1) is 20.3. The van der Waals surface area contributed by atoms with Crippen LogP contribution in [0.3, 0.4) is 0 Å². The summed E-state index contributed by atoms with van der Waals surface area (Å²) in [6.45, 7) is 0.192. The van der Waals surface area contributed by atoms with Crippen molar-refractivity contribution in [1.29, 1.82) is 0 Å². The largest absolute Gasteiger partial charge is 0.463 e. The van der Waals surface area contributed by atoms with E-state index in [1.807, 2.05) is 0 Å². The third kappa shape index (κ3) is 5.09. The van der Waals surface area contributed by atoms with Crippen LogP contribution in [0.15, 0.2) is 59.5 Å². The highest BCUT2D eigenvalue weighted by molar-refractivity contribution is 7.89. The molecule has 148 valence electrons. The van der Waals surface area contributed by atoms with Crippen molar-refractivity contribution in [1.82, 2.24) is 4.72 Å². The maximum atomic E-state index is 12.7. The first-order valence-corrected chi connectivity index (χ1v) is 10.4. The van der Waals surface area contributed by atoms with Gasteiger partial charge >= 0.3 is 11.9 Å². The minimum Gasteiger partial charge on any atom is -0.463 e. The van der Waals surface area contributed by atoms with Gasteiger partial charge in [0.05, 0.1) is 24.0 Å². The molecule has 0 saturated carbocycles. The lowest BCUT2D eigenvalue weighted by Crippen LogP contribution is -2.32. The van der Waals surface area contributed by atoms with Crippen molar-refractivity contribution in [3.63, 3.8) is 0 Å². The highest BCUT2D eigenvalue weighted by Crippen LogP contribution is 2.24. The van der Waals surface area contributed by atoms with Crippen LogP contribution < -0.4 is 4.72 Å². The molecule has 1 saturated heterocycles. The van der Waals surface area contributed by atoms with Gasteiger partial charge in [-0.2, -0.15) is 0 Å². The monoisotopic (exact) mass is 423 g/mol. The maximum Gasteiger partial charge on any atom is 0.347 e. The third-order valence-corrected chi connectivity index (χ3v) is 5.89. The maximum absolute atomic E-state index is 12.7. The van der Waals surface area contributed by atoms with Crippen LogP contribution in [0.2, 0.25) is 5.02 Å². The van der Waals surface area contributed by atoms with Gasteiger partial charge in [0.15, 0.2) is 0 Å². The molecule has 1 aliphatic rings. The van der Waals surface area contributed by atoms with Gasteiger partial charge < -0.3 is 9.47 Å². The first-order valence-electron chi connectivity index (χ1n) is 8.54. The molecule has 0 spiro atoms. The van der Waals surface area contributed by atoms with Gasteiger partial charge in [-0.05, 0) is 29.8 Å². The molecule has 0 aliphatic carbocycles. The zero-order valence-corrected chi connectivity index (χ0v) is 16.3. The van der Waals surface area contributed by atoms with E-state index in [2.05, 4.69) is 4.72 Å². The van der Waals surface area contributed by atoms with Gasteiger partial charge in [-0.1, -0.05) is 41.9 Å². The Morgan fingerprint density at radius 2 is 1.86 bits per heavy atom. The van der Waals surface area contributed by atoms with Gasteiger partial charge in [0.1, 0.15) is 0 Å². The Bertz CT molecular complexity index is 946. The second kappa shape index (κ2) is 8.72. The Kier molecular flexibility index (Phi) is 6.33. The number of benzene rings is 2. The van der Waals surface area contributed by atoms with Crippen LogP contribution in [0.25, 0.3) is 0 Å². The van der Waals surface area contributed by atoms with E-state index in [-0.39, 0.29) is 24.3 Å². The smallest absolute Gasteiger partial charge is 0.347 e. The van der Waals surface area contributed by atoms with E-state index in [0.717, 1.165) is 0 Å². The molecule has 7 nitrogen and oxygen atoms in total. The Morgan fingerprint density at radius 1 is 1.18 bits per heavy atom. The number of hydrogen-bond donors (Lipinski definition) is 1. The summed E-state index contributed by atoms with van der Waals surface area (Å²) in [6, 6.07) is 13.4. The van der Waals surface area contributed by atoms with E-state index in [0.29, 0.717) is 10.6 Å². The Balaban J connectivity index is 1.80. The topological polar surface area (TPSA) is 98.8 Å². The number of esters is 2. The van der Waals surface area contributed by atoms with Crippen molar-refractivity contribution in [2.24, 2.45) is 0 Å². The molecular formula is C19H18ClNO6S. The summed E-state index contributed by atoms with van der Waals surface area (Å²) in [6.07, 6.45) is -0.965. The highest BCUT2D eigenvalue weighted by Gasteiger charge is 2.32. The second-order valence-electron chi connectivity index (χ2n) is 6.18. The zero-order chi connectivity index (χ0) is 20.1. The number of carbonyl (C=O) groups is 2. The minimum atomic E-state index is -3.88. The number of hydrogen-bond acceptors (Lipinski definition) is 6. The van der Waals surface area contributed by atoms with E-state index in [1.54, 1.807) is 42.5 Å². The van der Waals surface area contributed by atoms with Crippen LogP contribution in [0, 0.1) is 0 Å². The van der Waals surface area contributed by atoms with Crippen molar-refractivity contribution in [3.05, 3.63) is 65.2 Å². The number of nitrogens with one attached hydrogen (secondary N) is 1. The van der Waals surface area contributed by atoms with Crippen molar-refractivity contribution < 1.29 is 27.5 Å². The number of ether oxygens (including phenoxy) is 2. The fourth-order valence-corrected chi connectivity index (χ4v) is 4.11. The molecule has 2 atom stereocenters. The average Bonchev–Trinajstić information content (AvgIpc) is 3.07. The summed E-state index contributed by atoms with van der Waals surface area (Å²) in [4.78, 5) is 23.9. The van der Waals surface area contributed by atoms with Gasteiger partial charge in [-0.25, -0.2) is 17.9 Å². The standard InChI is InChI=1S/C19H18ClNO6S/c20-14-8-6-13(7-9-14)16(12-18(22)27-17-10-11-26-19(17)23)21-28(24,25)15-4-2-1-3-5-15/h1-9,16-17,21H,10-12H2/t16-,17-/m1/s1. The number of cyclic esters (lactones) is 1. The van der Waals surface area contributed by atoms with Gasteiger partial charge in [-0.15, -0.1) is 0 Å². The lowest BCUT2D eigenvalue weighted by molar-refractivity contribution is -0.160. The molecule has 1 N–H and O–H groups in total. The van der Waals surface area contributed by atoms with Gasteiger partial charge in [0.25, 0.3) is 0 Å². The average molecular weight is 424 g/mol. The lowest BCUT2D eigenvalue weighted by atomic mass is 10.1. The van der Waals surface area contributed by atoms with Crippen LogP contribution in [-0.4, -0.2) is 33.1 Å². The van der Waals surface area contributed by atoms with E-state index in [9.17, 15) is 18.0 Å². The summed E-state index contributed by atoms with van der Waals surface area (Å²) < 4.78 is 37.8. The van der Waals surface area contributed by atoms with E-state index in [1.165, 1.54) is 12.1 Å². The van der Waals surface area contributed by atoms with E-state index in [4.69, 9.17) is 21.1 Å². The van der Waals surface area contributed by atoms with E-state index >= 15 is 0 Å². The Morgan fingerprint density at radius 3 is 2.46 bits per heavy atom. The summed E-state index contributed by atoms with van der Waals surface area (Å²) in [5, 5.41) is 0.477. The molecule has 0 amide bonds. The van der Waals surface area contributed by atoms with Crippen LogP contribution >= 0.6 is 11.6 Å². The van der Waals surface area contributed by atoms with Crippen LogP contribution in [-0.2, 0) is 29.1 Å². The number of halogens is 1.